The normalized spacial score (nSPS) is 10.4. The van der Waals surface area contributed by atoms with Crippen molar-refractivity contribution in [3.63, 3.8) is 0 Å². The highest BCUT2D eigenvalue weighted by Gasteiger charge is 1.95. The Balaban J connectivity index is 2.32. The number of anilines is 1. The van der Waals surface area contributed by atoms with Crippen molar-refractivity contribution in [3.8, 4) is 0 Å². The maximum Gasteiger partial charge on any atom is 0.0703 e. The summed E-state index contributed by atoms with van der Waals surface area (Å²) in [5, 5.41) is 5.39. The van der Waals surface area contributed by atoms with Crippen LogP contribution in [0.4, 0.5) is 5.69 Å². The minimum atomic E-state index is 0.917. The number of nitrogens with zero attached hydrogens (tertiary/aromatic N) is 1. The molecule has 3 heteroatoms. The van der Waals surface area contributed by atoms with Crippen LogP contribution in [0.1, 0.15) is 0 Å². The lowest BCUT2D eigenvalue weighted by atomic mass is 10.2. The lowest BCUT2D eigenvalue weighted by Gasteiger charge is -2.04. The summed E-state index contributed by atoms with van der Waals surface area (Å²) in [6.45, 7) is 0.917. The molecule has 0 aliphatic heterocycles. The van der Waals surface area contributed by atoms with Gasteiger partial charge in [-0.2, -0.15) is 0 Å². The van der Waals surface area contributed by atoms with E-state index >= 15 is 0 Å². The van der Waals surface area contributed by atoms with E-state index in [1.807, 2.05) is 24.4 Å². The van der Waals surface area contributed by atoms with Crippen molar-refractivity contribution >= 4 is 32.5 Å². The van der Waals surface area contributed by atoms with Crippen molar-refractivity contribution in [3.05, 3.63) is 36.5 Å². The smallest absolute Gasteiger partial charge is 0.0703 e. The van der Waals surface area contributed by atoms with Crippen molar-refractivity contribution in [2.45, 2.75) is 0 Å². The molecule has 2 rings (SSSR count). The molecule has 0 spiro atoms. The Morgan fingerprint density at radius 2 is 2.14 bits per heavy atom. The third kappa shape index (κ3) is 2.04. The van der Waals surface area contributed by atoms with Crippen LogP contribution in [0.3, 0.4) is 0 Å². The Morgan fingerprint density at radius 1 is 1.29 bits per heavy atom. The van der Waals surface area contributed by atoms with Crippen LogP contribution in [0.2, 0.25) is 0 Å². The zero-order chi connectivity index (χ0) is 9.80. The van der Waals surface area contributed by atoms with Crippen LogP contribution in [0.15, 0.2) is 36.5 Å². The molecule has 0 unspecified atom stereocenters. The fourth-order valence-corrected chi connectivity index (χ4v) is 1.56. The predicted octanol–water partition coefficient (Wildman–Crippen LogP) is 3.04. The lowest BCUT2D eigenvalue weighted by Crippen LogP contribution is -2.02. The highest BCUT2D eigenvalue weighted by molar-refractivity contribution is 9.09. The fourth-order valence-electron chi connectivity index (χ4n) is 1.36. The second kappa shape index (κ2) is 4.42. The molecule has 14 heavy (non-hydrogen) atoms. The monoisotopic (exact) mass is 250 g/mol. The number of halogens is 1. The number of benzene rings is 1. The Bertz CT molecular complexity index is 428. The van der Waals surface area contributed by atoms with Crippen molar-refractivity contribution in [2.24, 2.45) is 0 Å². The van der Waals surface area contributed by atoms with Crippen LogP contribution in [-0.4, -0.2) is 16.9 Å². The Labute approximate surface area is 91.5 Å². The molecular weight excluding hydrogens is 240 g/mol. The molecule has 0 radical (unpaired) electrons. The van der Waals surface area contributed by atoms with E-state index in [2.05, 4.69) is 38.4 Å². The summed E-state index contributed by atoms with van der Waals surface area (Å²) in [5.41, 5.74) is 2.11. The Morgan fingerprint density at radius 3 is 3.00 bits per heavy atom. The van der Waals surface area contributed by atoms with Gasteiger partial charge in [-0.25, -0.2) is 0 Å². The summed E-state index contributed by atoms with van der Waals surface area (Å²) in [6, 6.07) is 10.2. The van der Waals surface area contributed by atoms with Crippen LogP contribution >= 0.6 is 15.9 Å². The molecule has 0 amide bonds. The minimum Gasteiger partial charge on any atom is -0.383 e. The van der Waals surface area contributed by atoms with E-state index in [0.717, 1.165) is 23.1 Å². The van der Waals surface area contributed by atoms with Gasteiger partial charge >= 0.3 is 0 Å². The van der Waals surface area contributed by atoms with Crippen molar-refractivity contribution in [1.82, 2.24) is 4.98 Å². The fraction of sp³-hybridized carbons (Fsp3) is 0.182. The van der Waals surface area contributed by atoms with Gasteiger partial charge in [0.15, 0.2) is 0 Å². The van der Waals surface area contributed by atoms with Gasteiger partial charge in [0.2, 0.25) is 0 Å². The SMILES string of the molecule is BrCCNc1cnc2ccccc2c1. The third-order valence-corrected chi connectivity index (χ3v) is 2.41. The maximum absolute atomic E-state index is 4.36. The highest BCUT2D eigenvalue weighted by atomic mass is 79.9. The topological polar surface area (TPSA) is 24.9 Å². The van der Waals surface area contributed by atoms with Gasteiger partial charge < -0.3 is 5.32 Å². The van der Waals surface area contributed by atoms with Crippen LogP contribution in [0.5, 0.6) is 0 Å². The molecular formula is C11H11BrN2. The zero-order valence-corrected chi connectivity index (χ0v) is 9.29. The highest BCUT2D eigenvalue weighted by Crippen LogP contribution is 2.15. The molecule has 0 atom stereocenters. The van der Waals surface area contributed by atoms with Gasteiger partial charge in [-0.05, 0) is 12.1 Å². The van der Waals surface area contributed by atoms with Crippen LogP contribution < -0.4 is 5.32 Å². The number of hydrogen-bond acceptors (Lipinski definition) is 2. The summed E-state index contributed by atoms with van der Waals surface area (Å²) in [7, 11) is 0. The first-order chi connectivity index (χ1) is 6.90. The first kappa shape index (κ1) is 9.46. The standard InChI is InChI=1S/C11H11BrN2/c12-5-6-13-10-7-9-3-1-2-4-11(9)14-8-10/h1-4,7-8,13H,5-6H2. The Kier molecular flexibility index (Phi) is 2.99. The minimum absolute atomic E-state index is 0.917. The maximum atomic E-state index is 4.36. The summed E-state index contributed by atoms with van der Waals surface area (Å²) in [4.78, 5) is 4.36. The van der Waals surface area contributed by atoms with Crippen molar-refractivity contribution in [1.29, 1.82) is 0 Å². The van der Waals surface area contributed by atoms with E-state index in [1.165, 1.54) is 5.39 Å². The van der Waals surface area contributed by atoms with Gasteiger partial charge in [0.05, 0.1) is 17.4 Å². The summed E-state index contributed by atoms with van der Waals surface area (Å²) in [6.07, 6.45) is 1.87. The van der Waals surface area contributed by atoms with E-state index in [-0.39, 0.29) is 0 Å². The van der Waals surface area contributed by atoms with Crippen molar-refractivity contribution in [2.75, 3.05) is 17.2 Å². The number of fused-ring (bicyclic) bond motifs is 1. The van der Waals surface area contributed by atoms with E-state index in [9.17, 15) is 0 Å². The van der Waals surface area contributed by atoms with Crippen LogP contribution in [0.25, 0.3) is 10.9 Å². The number of hydrogen-bond donors (Lipinski definition) is 1. The average Bonchev–Trinajstić information content (AvgIpc) is 2.26. The molecule has 0 saturated heterocycles. The number of para-hydroxylation sites is 1. The number of pyridine rings is 1. The second-order valence-electron chi connectivity index (χ2n) is 3.03. The van der Waals surface area contributed by atoms with Crippen LogP contribution in [-0.2, 0) is 0 Å². The molecule has 1 heterocycles. The molecule has 72 valence electrons. The van der Waals surface area contributed by atoms with Gasteiger partial charge in [0, 0.05) is 17.3 Å². The number of aromatic nitrogens is 1. The van der Waals surface area contributed by atoms with Crippen molar-refractivity contribution < 1.29 is 0 Å². The molecule has 0 aliphatic carbocycles. The molecule has 1 N–H and O–H groups in total. The quantitative estimate of drug-likeness (QED) is 0.848. The van der Waals surface area contributed by atoms with Gasteiger partial charge in [0.1, 0.15) is 0 Å². The average molecular weight is 251 g/mol. The van der Waals surface area contributed by atoms with Gasteiger partial charge in [0.25, 0.3) is 0 Å². The summed E-state index contributed by atoms with van der Waals surface area (Å²) in [5.74, 6) is 0. The van der Waals surface area contributed by atoms with Crippen LogP contribution in [0, 0.1) is 0 Å². The molecule has 0 aliphatic rings. The molecule has 0 fully saturated rings. The first-order valence-electron chi connectivity index (χ1n) is 4.55. The summed E-state index contributed by atoms with van der Waals surface area (Å²) >= 11 is 3.37. The number of nitrogens with one attached hydrogen (secondary N) is 1. The second-order valence-corrected chi connectivity index (χ2v) is 3.83. The van der Waals surface area contributed by atoms with Gasteiger partial charge in [-0.1, -0.05) is 34.1 Å². The molecule has 1 aromatic heterocycles. The van der Waals surface area contributed by atoms with Gasteiger partial charge in [-0.3, -0.25) is 4.98 Å². The Hall–Kier alpha value is -1.09. The first-order valence-corrected chi connectivity index (χ1v) is 5.67. The van der Waals surface area contributed by atoms with E-state index in [4.69, 9.17) is 0 Å². The molecule has 0 bridgehead atoms. The van der Waals surface area contributed by atoms with E-state index in [1.54, 1.807) is 0 Å². The lowest BCUT2D eigenvalue weighted by molar-refractivity contribution is 1.23. The molecule has 0 saturated carbocycles. The summed E-state index contributed by atoms with van der Waals surface area (Å²) < 4.78 is 0. The zero-order valence-electron chi connectivity index (χ0n) is 7.70. The molecule has 2 aromatic rings. The largest absolute Gasteiger partial charge is 0.383 e. The van der Waals surface area contributed by atoms with Gasteiger partial charge in [-0.15, -0.1) is 0 Å². The number of rotatable bonds is 3. The number of alkyl halides is 1. The molecule has 1 aromatic carbocycles. The third-order valence-electron chi connectivity index (χ3n) is 2.01. The van der Waals surface area contributed by atoms with E-state index in [0.29, 0.717) is 0 Å². The van der Waals surface area contributed by atoms with E-state index < -0.39 is 0 Å². The predicted molar refractivity (Wildman–Crippen MR) is 64.0 cm³/mol. The molecule has 2 nitrogen and oxygen atoms in total.